The van der Waals surface area contributed by atoms with E-state index in [1.807, 2.05) is 133 Å². The standard InChI is InChI=1S/C50H52N2O8/c1-3-5-29-55-31-37(59-49(53)51-45-27-15-19-35-17-7-9-21-39(35)45)33-57-47-41-23-11-13-25-43(41)48(44-26-14-12-24-42(44)47)58-34-38(32-56-30-6-4-2)60-50(54)52-46-28-16-20-36-18-8-10-22-40(36)46/h7-28,37-38H,3-6,29-34H2,1-2H3,(H,51,53)(H,52,54). The smallest absolute Gasteiger partial charge is 0.412 e. The summed E-state index contributed by atoms with van der Waals surface area (Å²) in [5.74, 6) is 1.24. The Kier molecular flexibility index (Phi) is 14.7. The van der Waals surface area contributed by atoms with E-state index < -0.39 is 24.4 Å². The monoisotopic (exact) mass is 808 g/mol. The average molecular weight is 809 g/mol. The highest BCUT2D eigenvalue weighted by atomic mass is 16.6. The van der Waals surface area contributed by atoms with Crippen LogP contribution in [0.25, 0.3) is 43.1 Å². The summed E-state index contributed by atoms with van der Waals surface area (Å²) in [6.07, 6.45) is 1.11. The molecule has 0 bridgehead atoms. The van der Waals surface area contributed by atoms with Gasteiger partial charge < -0.3 is 28.4 Å². The number of fused-ring (bicyclic) bond motifs is 4. The number of nitrogens with one attached hydrogen (secondary N) is 2. The quantitative estimate of drug-likeness (QED) is 0.0578. The Morgan fingerprint density at radius 2 is 0.800 bits per heavy atom. The van der Waals surface area contributed by atoms with Crippen molar-refractivity contribution in [3.05, 3.63) is 133 Å². The zero-order valence-electron chi connectivity index (χ0n) is 34.2. The van der Waals surface area contributed by atoms with Crippen LogP contribution in [0.4, 0.5) is 21.0 Å². The summed E-state index contributed by atoms with van der Waals surface area (Å²) < 4.78 is 37.1. The van der Waals surface area contributed by atoms with E-state index in [9.17, 15) is 9.59 Å². The Bertz CT molecular complexity index is 2280. The van der Waals surface area contributed by atoms with E-state index in [2.05, 4.69) is 24.5 Å². The van der Waals surface area contributed by atoms with Gasteiger partial charge in [0.05, 0.1) is 24.6 Å². The van der Waals surface area contributed by atoms with Gasteiger partial charge in [-0.1, -0.05) is 148 Å². The predicted molar refractivity (Wildman–Crippen MR) is 240 cm³/mol. The van der Waals surface area contributed by atoms with Gasteiger partial charge in [0.15, 0.2) is 12.2 Å². The van der Waals surface area contributed by atoms with Gasteiger partial charge in [-0.3, -0.25) is 10.6 Å². The summed E-state index contributed by atoms with van der Waals surface area (Å²) in [6.45, 7) is 5.68. The average Bonchev–Trinajstić information content (AvgIpc) is 3.27. The Morgan fingerprint density at radius 3 is 1.18 bits per heavy atom. The van der Waals surface area contributed by atoms with Crippen LogP contribution in [0, 0.1) is 0 Å². The second-order valence-electron chi connectivity index (χ2n) is 14.6. The fourth-order valence-corrected chi connectivity index (χ4v) is 7.12. The molecule has 310 valence electrons. The van der Waals surface area contributed by atoms with Crippen molar-refractivity contribution in [3.8, 4) is 11.5 Å². The molecule has 0 heterocycles. The maximum absolute atomic E-state index is 13.4. The molecule has 0 aromatic heterocycles. The van der Waals surface area contributed by atoms with Crippen LogP contribution in [-0.2, 0) is 18.9 Å². The van der Waals surface area contributed by atoms with E-state index in [0.717, 1.165) is 68.8 Å². The minimum Gasteiger partial charge on any atom is -0.488 e. The molecule has 0 aliphatic heterocycles. The van der Waals surface area contributed by atoms with Gasteiger partial charge in [0, 0.05) is 45.5 Å². The van der Waals surface area contributed by atoms with Crippen LogP contribution in [0.1, 0.15) is 39.5 Å². The third kappa shape index (κ3) is 10.6. The van der Waals surface area contributed by atoms with Gasteiger partial charge in [-0.15, -0.1) is 0 Å². The van der Waals surface area contributed by atoms with Crippen molar-refractivity contribution >= 4 is 66.7 Å². The number of anilines is 2. The van der Waals surface area contributed by atoms with Crippen LogP contribution in [-0.4, -0.2) is 64.0 Å². The lowest BCUT2D eigenvalue weighted by atomic mass is 10.0. The first-order chi connectivity index (χ1) is 29.5. The number of carbonyl (C=O) groups is 2. The third-order valence-corrected chi connectivity index (χ3v) is 10.2. The van der Waals surface area contributed by atoms with Crippen molar-refractivity contribution in [3.63, 3.8) is 0 Å². The molecule has 0 fully saturated rings. The summed E-state index contributed by atoms with van der Waals surface area (Å²) >= 11 is 0. The molecule has 10 nitrogen and oxygen atoms in total. The van der Waals surface area contributed by atoms with Crippen LogP contribution in [0.3, 0.4) is 0 Å². The zero-order chi connectivity index (χ0) is 41.5. The van der Waals surface area contributed by atoms with Gasteiger partial charge in [0.2, 0.25) is 0 Å². The van der Waals surface area contributed by atoms with Crippen LogP contribution >= 0.6 is 0 Å². The molecule has 0 saturated heterocycles. The second kappa shape index (κ2) is 21.1. The summed E-state index contributed by atoms with van der Waals surface area (Å²) in [5, 5.41) is 12.9. The molecule has 0 saturated carbocycles. The number of rotatable bonds is 20. The maximum Gasteiger partial charge on any atom is 0.412 e. The molecular weight excluding hydrogens is 757 g/mol. The molecule has 10 heteroatoms. The molecule has 0 aliphatic rings. The SMILES string of the molecule is CCCCOCC(COc1c2ccccc2c(OCC(COCCCC)OC(=O)Nc2cccc3ccccc23)c2ccccc12)OC(=O)Nc1cccc2ccccc12. The number of unbranched alkanes of at least 4 members (excludes halogenated alkanes) is 2. The van der Waals surface area contributed by atoms with Gasteiger partial charge >= 0.3 is 12.2 Å². The summed E-state index contributed by atoms with van der Waals surface area (Å²) in [6, 6.07) is 42.9. The Balaban J connectivity index is 1.10. The van der Waals surface area contributed by atoms with Crippen LogP contribution in [0.2, 0.25) is 0 Å². The van der Waals surface area contributed by atoms with E-state index in [1.54, 1.807) is 0 Å². The number of benzene rings is 7. The number of hydrogen-bond donors (Lipinski definition) is 2. The first-order valence-electron chi connectivity index (χ1n) is 20.8. The number of carbonyl (C=O) groups excluding carboxylic acids is 2. The van der Waals surface area contributed by atoms with Gasteiger partial charge in [0.25, 0.3) is 0 Å². The number of ether oxygens (including phenoxy) is 6. The predicted octanol–water partition coefficient (Wildman–Crippen LogP) is 11.9. The van der Waals surface area contributed by atoms with Crippen molar-refractivity contribution in [2.75, 3.05) is 50.3 Å². The van der Waals surface area contributed by atoms with Gasteiger partial charge in [-0.25, -0.2) is 9.59 Å². The normalized spacial score (nSPS) is 12.3. The minimum absolute atomic E-state index is 0.0418. The summed E-state index contributed by atoms with van der Waals surface area (Å²) in [4.78, 5) is 26.7. The molecule has 0 aliphatic carbocycles. The highest BCUT2D eigenvalue weighted by molar-refractivity contribution is 6.11. The van der Waals surface area contributed by atoms with E-state index in [0.29, 0.717) is 36.1 Å². The van der Waals surface area contributed by atoms with Gasteiger partial charge in [-0.2, -0.15) is 0 Å². The lowest BCUT2D eigenvalue weighted by Crippen LogP contribution is -2.32. The largest absolute Gasteiger partial charge is 0.488 e. The first kappa shape index (κ1) is 41.8. The Hall–Kier alpha value is -6.36. The molecule has 2 N–H and O–H groups in total. The Labute approximate surface area is 350 Å². The van der Waals surface area contributed by atoms with Crippen molar-refractivity contribution < 1.29 is 38.0 Å². The third-order valence-electron chi connectivity index (χ3n) is 10.2. The molecule has 2 atom stereocenters. The molecule has 0 spiro atoms. The van der Waals surface area contributed by atoms with Crippen LogP contribution < -0.4 is 20.1 Å². The molecule has 7 aromatic rings. The van der Waals surface area contributed by atoms with Crippen molar-refractivity contribution in [1.29, 1.82) is 0 Å². The van der Waals surface area contributed by atoms with E-state index in [4.69, 9.17) is 28.4 Å². The van der Waals surface area contributed by atoms with E-state index in [-0.39, 0.29) is 26.4 Å². The summed E-state index contributed by atoms with van der Waals surface area (Å²) in [7, 11) is 0. The highest BCUT2D eigenvalue weighted by Crippen LogP contribution is 2.43. The molecule has 0 radical (unpaired) electrons. The topological polar surface area (TPSA) is 114 Å². The zero-order valence-corrected chi connectivity index (χ0v) is 34.2. The van der Waals surface area contributed by atoms with Crippen molar-refractivity contribution in [1.82, 2.24) is 0 Å². The van der Waals surface area contributed by atoms with Crippen LogP contribution in [0.15, 0.2) is 133 Å². The lowest BCUT2D eigenvalue weighted by Gasteiger charge is -2.23. The second-order valence-corrected chi connectivity index (χ2v) is 14.6. The number of amides is 2. The highest BCUT2D eigenvalue weighted by Gasteiger charge is 2.23. The van der Waals surface area contributed by atoms with Crippen molar-refractivity contribution in [2.45, 2.75) is 51.7 Å². The molecule has 60 heavy (non-hydrogen) atoms. The van der Waals surface area contributed by atoms with E-state index >= 15 is 0 Å². The molecule has 2 amide bonds. The maximum atomic E-state index is 13.4. The molecule has 7 aromatic carbocycles. The Morgan fingerprint density at radius 1 is 0.450 bits per heavy atom. The molecular formula is C50H52N2O8. The molecule has 2 unspecified atom stereocenters. The van der Waals surface area contributed by atoms with Gasteiger partial charge in [0.1, 0.15) is 24.7 Å². The van der Waals surface area contributed by atoms with E-state index in [1.165, 1.54) is 0 Å². The molecule has 7 rings (SSSR count). The first-order valence-corrected chi connectivity index (χ1v) is 20.8. The minimum atomic E-state index is -0.712. The van der Waals surface area contributed by atoms with Crippen LogP contribution in [0.5, 0.6) is 11.5 Å². The number of hydrogen-bond acceptors (Lipinski definition) is 8. The lowest BCUT2D eigenvalue weighted by molar-refractivity contribution is 0.00245. The van der Waals surface area contributed by atoms with Crippen molar-refractivity contribution in [2.24, 2.45) is 0 Å². The van der Waals surface area contributed by atoms with Gasteiger partial charge in [-0.05, 0) is 35.7 Å². The fraction of sp³-hybridized carbons (Fsp3) is 0.280. The fourth-order valence-electron chi connectivity index (χ4n) is 7.12. The summed E-state index contributed by atoms with van der Waals surface area (Å²) in [5.41, 5.74) is 1.31.